The van der Waals surface area contributed by atoms with Gasteiger partial charge in [0.25, 0.3) is 0 Å². The first-order valence-corrected chi connectivity index (χ1v) is 20.6. The second kappa shape index (κ2) is 15.4. The smallest absolute Gasteiger partial charge is 0.165 e. The number of rotatable bonds is 7. The molecule has 0 unspecified atom stereocenters. The Kier molecular flexibility index (Phi) is 9.47. The first-order chi connectivity index (χ1) is 29.4. The average molecular weight is 795 g/mol. The Balaban J connectivity index is 1.09. The lowest BCUT2D eigenvalue weighted by atomic mass is 9.75. The van der Waals surface area contributed by atoms with Gasteiger partial charge in [-0.2, -0.15) is 0 Å². The number of amidine groups is 2. The van der Waals surface area contributed by atoms with E-state index in [1.165, 1.54) is 15.5 Å². The Morgan fingerprint density at radius 3 is 2.07 bits per heavy atom. The number of thiophene rings is 1. The molecule has 0 saturated heterocycles. The summed E-state index contributed by atoms with van der Waals surface area (Å²) in [7, 11) is 0. The van der Waals surface area contributed by atoms with Gasteiger partial charge in [-0.15, -0.1) is 11.3 Å². The van der Waals surface area contributed by atoms with Crippen LogP contribution in [0, 0.1) is 0 Å². The summed E-state index contributed by atoms with van der Waals surface area (Å²) < 4.78 is 8.82. The maximum absolute atomic E-state index is 6.46. The lowest BCUT2D eigenvalue weighted by molar-refractivity contribution is 0.418. The number of hydrogen-bond acceptors (Lipinski definition) is 6. The Morgan fingerprint density at radius 1 is 0.583 bits per heavy atom. The quantitative estimate of drug-likeness (QED) is 0.119. The number of para-hydroxylation sites is 1. The fourth-order valence-corrected chi connectivity index (χ4v) is 9.10. The van der Waals surface area contributed by atoms with Gasteiger partial charge in [-0.1, -0.05) is 153 Å². The molecule has 9 aromatic rings. The molecule has 8 heteroatoms. The monoisotopic (exact) mass is 794 g/mol. The highest BCUT2D eigenvalue weighted by molar-refractivity contribution is 7.26. The van der Waals surface area contributed by atoms with Crippen molar-refractivity contribution in [1.82, 2.24) is 15.0 Å². The number of aromatic nitrogens is 3. The van der Waals surface area contributed by atoms with Gasteiger partial charge in [0.1, 0.15) is 11.5 Å². The third kappa shape index (κ3) is 6.86. The van der Waals surface area contributed by atoms with Crippen LogP contribution in [0.15, 0.2) is 185 Å². The van der Waals surface area contributed by atoms with Gasteiger partial charge in [0, 0.05) is 64.5 Å². The topological polar surface area (TPSA) is 85.0 Å². The third-order valence-corrected chi connectivity index (χ3v) is 12.2. The molecule has 10 rings (SSSR count). The van der Waals surface area contributed by atoms with E-state index < -0.39 is 0 Å². The Hall–Kier alpha value is -7.42. The second-order valence-electron chi connectivity index (χ2n) is 15.2. The van der Waals surface area contributed by atoms with Crippen LogP contribution >= 0.6 is 11.3 Å². The summed E-state index contributed by atoms with van der Waals surface area (Å²) in [6.45, 7) is 8.81. The summed E-state index contributed by atoms with van der Waals surface area (Å²) in [5.41, 5.74) is 7.27. The molecule has 1 aliphatic heterocycles. The summed E-state index contributed by atoms with van der Waals surface area (Å²) in [4.78, 5) is 30.0. The molecule has 288 valence electrons. The van der Waals surface area contributed by atoms with Crippen LogP contribution in [0.3, 0.4) is 0 Å². The predicted molar refractivity (Wildman–Crippen MR) is 247 cm³/mol. The highest BCUT2D eigenvalue weighted by atomic mass is 32.1. The van der Waals surface area contributed by atoms with Crippen molar-refractivity contribution in [1.29, 1.82) is 0 Å². The van der Waals surface area contributed by atoms with E-state index in [0.717, 1.165) is 60.7 Å². The number of fused-ring (bicyclic) bond motifs is 5. The van der Waals surface area contributed by atoms with Crippen molar-refractivity contribution in [3.05, 3.63) is 198 Å². The zero-order valence-corrected chi connectivity index (χ0v) is 33.9. The lowest BCUT2D eigenvalue weighted by Crippen LogP contribution is -2.24. The maximum Gasteiger partial charge on any atom is 0.165 e. The van der Waals surface area contributed by atoms with E-state index >= 15 is 0 Å². The van der Waals surface area contributed by atoms with Crippen molar-refractivity contribution in [3.8, 4) is 45.7 Å². The van der Waals surface area contributed by atoms with Crippen molar-refractivity contribution < 1.29 is 4.74 Å². The van der Waals surface area contributed by atoms with Crippen LogP contribution < -0.4 is 4.74 Å². The fraction of sp³-hybridized carbons (Fsp3) is 0.0769. The van der Waals surface area contributed by atoms with Crippen LogP contribution in [0.5, 0.6) is 11.5 Å². The van der Waals surface area contributed by atoms with Gasteiger partial charge in [-0.05, 0) is 42.6 Å². The van der Waals surface area contributed by atoms with Crippen LogP contribution in [-0.4, -0.2) is 33.3 Å². The zero-order chi connectivity index (χ0) is 40.6. The molecule has 7 nitrogen and oxygen atoms in total. The first-order valence-electron chi connectivity index (χ1n) is 19.8. The minimum atomic E-state index is -0.246. The van der Waals surface area contributed by atoms with E-state index in [1.807, 2.05) is 97.1 Å². The molecule has 0 spiro atoms. The highest BCUT2D eigenvalue weighted by Crippen LogP contribution is 2.48. The molecule has 0 aliphatic carbocycles. The van der Waals surface area contributed by atoms with E-state index in [4.69, 9.17) is 29.7 Å². The summed E-state index contributed by atoms with van der Waals surface area (Å²) in [5, 5.41) is 2.40. The zero-order valence-electron chi connectivity index (χ0n) is 33.1. The molecular weight excluding hydrogens is 757 g/mol. The first kappa shape index (κ1) is 36.9. The molecule has 0 N–H and O–H groups in total. The fourth-order valence-electron chi connectivity index (χ4n) is 7.89. The molecule has 7 aromatic carbocycles. The highest BCUT2D eigenvalue weighted by Gasteiger charge is 2.34. The molecule has 1 aliphatic rings. The van der Waals surface area contributed by atoms with Crippen molar-refractivity contribution in [2.75, 3.05) is 0 Å². The Bertz CT molecular complexity index is 3150. The average Bonchev–Trinajstić information content (AvgIpc) is 3.69. The number of benzene rings is 7. The maximum atomic E-state index is 6.46. The van der Waals surface area contributed by atoms with Crippen LogP contribution in [-0.2, 0) is 12.0 Å². The molecule has 0 radical (unpaired) electrons. The van der Waals surface area contributed by atoms with Crippen LogP contribution in [0.25, 0.3) is 54.3 Å². The molecule has 0 amide bonds. The van der Waals surface area contributed by atoms with E-state index in [1.54, 1.807) is 11.3 Å². The molecule has 3 heterocycles. The molecule has 0 saturated carbocycles. The van der Waals surface area contributed by atoms with Gasteiger partial charge in [0.2, 0.25) is 0 Å². The SMILES string of the molecule is C=NC(=NC(=NCc1ccccc1)c1cccc(-c2nc(-c3ccccc3)nc(-c3cccc4c3sc3ccccc34)n2)c1)c1ccc2c(c1)Oc1ccccc1C2(C)C. The number of hydrogen-bond donors (Lipinski definition) is 0. The van der Waals surface area contributed by atoms with Crippen molar-refractivity contribution in [2.24, 2.45) is 15.0 Å². The number of aliphatic imine (C=N–C) groups is 3. The molecular formula is C52H38N6OS. The van der Waals surface area contributed by atoms with Gasteiger partial charge in [-0.25, -0.2) is 24.9 Å². The third-order valence-electron chi connectivity index (χ3n) is 11.0. The predicted octanol–water partition coefficient (Wildman–Crippen LogP) is 12.8. The molecule has 0 fully saturated rings. The number of ether oxygens (including phenoxy) is 1. The van der Waals surface area contributed by atoms with Gasteiger partial charge in [-0.3, -0.25) is 4.99 Å². The van der Waals surface area contributed by atoms with Gasteiger partial charge >= 0.3 is 0 Å². The molecule has 0 bridgehead atoms. The van der Waals surface area contributed by atoms with Crippen molar-refractivity contribution >= 4 is 49.9 Å². The largest absolute Gasteiger partial charge is 0.457 e. The van der Waals surface area contributed by atoms with Crippen LogP contribution in [0.1, 0.15) is 41.7 Å². The normalized spacial score (nSPS) is 13.4. The van der Waals surface area contributed by atoms with E-state index in [2.05, 4.69) is 98.4 Å². The lowest BCUT2D eigenvalue weighted by Gasteiger charge is -2.34. The van der Waals surface area contributed by atoms with E-state index in [9.17, 15) is 0 Å². The van der Waals surface area contributed by atoms with Gasteiger partial charge in [0.15, 0.2) is 29.1 Å². The molecule has 0 atom stereocenters. The van der Waals surface area contributed by atoms with Crippen molar-refractivity contribution in [3.63, 3.8) is 0 Å². The Labute approximate surface area is 352 Å². The Morgan fingerprint density at radius 2 is 1.23 bits per heavy atom. The van der Waals surface area contributed by atoms with Crippen LogP contribution in [0.2, 0.25) is 0 Å². The van der Waals surface area contributed by atoms with Gasteiger partial charge < -0.3 is 4.74 Å². The van der Waals surface area contributed by atoms with E-state index in [0.29, 0.717) is 35.7 Å². The summed E-state index contributed by atoms with van der Waals surface area (Å²) >= 11 is 1.75. The van der Waals surface area contributed by atoms with Crippen molar-refractivity contribution in [2.45, 2.75) is 25.8 Å². The summed E-state index contributed by atoms with van der Waals surface area (Å²) in [6.07, 6.45) is 0. The van der Waals surface area contributed by atoms with Crippen LogP contribution in [0.4, 0.5) is 0 Å². The van der Waals surface area contributed by atoms with Gasteiger partial charge in [0.05, 0.1) is 6.54 Å². The van der Waals surface area contributed by atoms with E-state index in [-0.39, 0.29) is 5.41 Å². The minimum absolute atomic E-state index is 0.246. The second-order valence-corrected chi connectivity index (χ2v) is 16.2. The standard InChI is InChI=1S/C52H38N6OS/c1-52(2)41-25-11-12-26-43(41)59-44-31-37(28-29-42(44)52)47(53-3)55-48(54-32-33-16-6-4-7-17-33)35-20-14-21-36(30-35)50-56-49(34-18-8-5-9-19-34)57-51(58-50)40-24-15-23-39-38-22-10-13-27-45(38)60-46(39)40/h4-31H,3,32H2,1-2H3. The minimum Gasteiger partial charge on any atom is -0.457 e. The molecule has 2 aromatic heterocycles. The summed E-state index contributed by atoms with van der Waals surface area (Å²) in [5.74, 6) is 4.28. The molecule has 60 heavy (non-hydrogen) atoms. The number of nitrogens with zero attached hydrogens (tertiary/aromatic N) is 6. The summed E-state index contributed by atoms with van der Waals surface area (Å²) in [6, 6.07) is 57.4.